The van der Waals surface area contributed by atoms with E-state index in [9.17, 15) is 18.0 Å². The number of rotatable bonds is 7. The van der Waals surface area contributed by atoms with Crippen molar-refractivity contribution >= 4 is 23.2 Å². The molecule has 34 heavy (non-hydrogen) atoms. The predicted molar refractivity (Wildman–Crippen MR) is 117 cm³/mol. The number of likely N-dealkylation sites (tertiary alicyclic amines) is 1. The number of hydrogen-bond donors (Lipinski definition) is 3. The molecule has 176 valence electrons. The number of nitrogens with zero attached hydrogens (tertiary/aromatic N) is 4. The molecule has 0 unspecified atom stereocenters. The molecule has 1 aromatic heterocycles. The molecule has 0 spiro atoms. The molecule has 3 aromatic rings. The zero-order valence-electron chi connectivity index (χ0n) is 17.8. The van der Waals surface area contributed by atoms with Crippen LogP contribution >= 0.6 is 0 Å². The molecule has 1 fully saturated rings. The largest absolute Gasteiger partial charge is 0.439 e. The van der Waals surface area contributed by atoms with E-state index in [-0.39, 0.29) is 17.4 Å². The van der Waals surface area contributed by atoms with E-state index in [1.165, 1.54) is 12.4 Å². The lowest BCUT2D eigenvalue weighted by Crippen LogP contribution is -2.36. The Balaban J connectivity index is 1.40. The molecule has 1 saturated heterocycles. The highest BCUT2D eigenvalue weighted by atomic mass is 19.4. The van der Waals surface area contributed by atoms with Crippen LogP contribution in [0.3, 0.4) is 0 Å². The Bertz CT molecular complexity index is 1180. The van der Waals surface area contributed by atoms with Gasteiger partial charge in [0.05, 0.1) is 5.56 Å². The molecule has 0 atom stereocenters. The normalized spacial score (nSPS) is 13.6. The van der Waals surface area contributed by atoms with E-state index < -0.39 is 17.8 Å². The number of carbonyl (C=O) groups excluding carboxylic acids is 1. The van der Waals surface area contributed by atoms with Crippen molar-refractivity contribution in [3.05, 3.63) is 66.0 Å². The SMILES string of the molecule is N=Nc1cc(Oc2ccc(NC(=O)Nc3cc(CN4CCC4)cc(C(F)(F)F)c3)cc2)ncn1. The van der Waals surface area contributed by atoms with Gasteiger partial charge in [0, 0.05) is 24.0 Å². The van der Waals surface area contributed by atoms with Gasteiger partial charge in [-0.15, -0.1) is 5.11 Å². The van der Waals surface area contributed by atoms with E-state index in [1.54, 1.807) is 30.3 Å². The highest BCUT2D eigenvalue weighted by Gasteiger charge is 2.31. The number of aromatic nitrogens is 2. The molecule has 3 N–H and O–H groups in total. The van der Waals surface area contributed by atoms with Crippen molar-refractivity contribution in [2.45, 2.75) is 19.1 Å². The number of ether oxygens (including phenoxy) is 1. The average molecular weight is 471 g/mol. The Morgan fingerprint density at radius 3 is 2.44 bits per heavy atom. The molecule has 4 rings (SSSR count). The van der Waals surface area contributed by atoms with Crippen LogP contribution < -0.4 is 15.4 Å². The molecule has 2 aromatic carbocycles. The highest BCUT2D eigenvalue weighted by Crippen LogP contribution is 2.33. The molecule has 1 aliphatic rings. The molecule has 0 aliphatic carbocycles. The smallest absolute Gasteiger partial charge is 0.416 e. The third-order valence-electron chi connectivity index (χ3n) is 5.01. The Morgan fingerprint density at radius 2 is 1.79 bits per heavy atom. The molecular weight excluding hydrogens is 451 g/mol. The van der Waals surface area contributed by atoms with Gasteiger partial charge in [-0.3, -0.25) is 4.90 Å². The van der Waals surface area contributed by atoms with Gasteiger partial charge in [0.25, 0.3) is 0 Å². The van der Waals surface area contributed by atoms with Crippen molar-refractivity contribution in [2.24, 2.45) is 5.11 Å². The number of halogens is 3. The van der Waals surface area contributed by atoms with Gasteiger partial charge in [0.1, 0.15) is 12.1 Å². The van der Waals surface area contributed by atoms with Crippen LogP contribution in [0.5, 0.6) is 11.6 Å². The number of carbonyl (C=O) groups is 1. The van der Waals surface area contributed by atoms with Crippen LogP contribution in [0, 0.1) is 5.53 Å². The zero-order chi connectivity index (χ0) is 24.1. The van der Waals surface area contributed by atoms with E-state index >= 15 is 0 Å². The van der Waals surface area contributed by atoms with Gasteiger partial charge < -0.3 is 15.4 Å². The fourth-order valence-corrected chi connectivity index (χ4v) is 3.28. The van der Waals surface area contributed by atoms with Crippen molar-refractivity contribution in [1.29, 1.82) is 5.53 Å². The van der Waals surface area contributed by atoms with Crippen molar-refractivity contribution in [1.82, 2.24) is 14.9 Å². The van der Waals surface area contributed by atoms with Gasteiger partial charge in [-0.25, -0.2) is 20.3 Å². The maximum Gasteiger partial charge on any atom is 0.416 e. The summed E-state index contributed by atoms with van der Waals surface area (Å²) in [5.41, 5.74) is 7.10. The second-order valence-electron chi connectivity index (χ2n) is 7.58. The quantitative estimate of drug-likeness (QED) is 0.377. The summed E-state index contributed by atoms with van der Waals surface area (Å²) in [6.07, 6.45) is -2.28. The number of anilines is 2. The number of alkyl halides is 3. The summed E-state index contributed by atoms with van der Waals surface area (Å²) < 4.78 is 45.5. The van der Waals surface area contributed by atoms with Crippen LogP contribution in [-0.2, 0) is 12.7 Å². The maximum absolute atomic E-state index is 13.3. The highest BCUT2D eigenvalue weighted by molar-refractivity contribution is 5.99. The van der Waals surface area contributed by atoms with Crippen LogP contribution in [0.15, 0.2) is 60.0 Å². The first-order valence-corrected chi connectivity index (χ1v) is 10.3. The third kappa shape index (κ3) is 6.04. The summed E-state index contributed by atoms with van der Waals surface area (Å²) in [6.45, 7) is 2.08. The van der Waals surface area contributed by atoms with E-state index in [0.717, 1.165) is 31.6 Å². The van der Waals surface area contributed by atoms with Crippen molar-refractivity contribution < 1.29 is 22.7 Å². The lowest BCUT2D eigenvalue weighted by atomic mass is 10.1. The number of hydrogen-bond acceptors (Lipinski definition) is 7. The topological polar surface area (TPSA) is 116 Å². The molecule has 9 nitrogen and oxygen atoms in total. The molecule has 0 bridgehead atoms. The van der Waals surface area contributed by atoms with Crippen LogP contribution in [0.1, 0.15) is 17.5 Å². The molecule has 2 amide bonds. The van der Waals surface area contributed by atoms with Crippen LogP contribution in [0.25, 0.3) is 0 Å². The first-order valence-electron chi connectivity index (χ1n) is 10.3. The summed E-state index contributed by atoms with van der Waals surface area (Å²) in [6, 6.07) is 10.5. The summed E-state index contributed by atoms with van der Waals surface area (Å²) in [7, 11) is 0. The fourth-order valence-electron chi connectivity index (χ4n) is 3.28. The summed E-state index contributed by atoms with van der Waals surface area (Å²) in [5, 5.41) is 8.25. The number of benzene rings is 2. The molecule has 0 saturated carbocycles. The molecule has 2 heterocycles. The van der Waals surface area contributed by atoms with E-state index in [2.05, 4.69) is 25.7 Å². The van der Waals surface area contributed by atoms with Crippen LogP contribution in [0.4, 0.5) is 35.2 Å². The van der Waals surface area contributed by atoms with Gasteiger partial charge in [0.2, 0.25) is 5.88 Å². The Morgan fingerprint density at radius 1 is 1.06 bits per heavy atom. The molecule has 12 heteroatoms. The van der Waals surface area contributed by atoms with Gasteiger partial charge in [-0.2, -0.15) is 13.2 Å². The van der Waals surface area contributed by atoms with Crippen LogP contribution in [0.2, 0.25) is 0 Å². The number of urea groups is 1. The predicted octanol–water partition coefficient (Wildman–Crippen LogP) is 5.80. The van der Waals surface area contributed by atoms with Gasteiger partial charge in [-0.05, 0) is 67.5 Å². The molecular formula is C22H20F3N7O2. The van der Waals surface area contributed by atoms with Gasteiger partial charge in [-0.1, -0.05) is 0 Å². The minimum absolute atomic E-state index is 0.0576. The lowest BCUT2D eigenvalue weighted by Gasteiger charge is -2.31. The Kier molecular flexibility index (Phi) is 6.68. The maximum atomic E-state index is 13.3. The molecule has 1 aliphatic heterocycles. The summed E-state index contributed by atoms with van der Waals surface area (Å²) >= 11 is 0. The summed E-state index contributed by atoms with van der Waals surface area (Å²) in [5.74, 6) is 0.745. The zero-order valence-corrected chi connectivity index (χ0v) is 17.8. The Hall–Kier alpha value is -4.06. The van der Waals surface area contributed by atoms with Crippen molar-refractivity contribution in [3.8, 4) is 11.6 Å². The third-order valence-corrected chi connectivity index (χ3v) is 5.01. The number of amides is 2. The second-order valence-corrected chi connectivity index (χ2v) is 7.58. The van der Waals surface area contributed by atoms with Gasteiger partial charge in [0.15, 0.2) is 5.82 Å². The minimum atomic E-state index is -4.52. The average Bonchev–Trinajstić information content (AvgIpc) is 2.77. The number of nitrogens with one attached hydrogen (secondary N) is 3. The molecule has 0 radical (unpaired) electrons. The van der Waals surface area contributed by atoms with Crippen LogP contribution in [-0.4, -0.2) is 34.0 Å². The van der Waals surface area contributed by atoms with Crippen molar-refractivity contribution in [2.75, 3.05) is 23.7 Å². The summed E-state index contributed by atoms with van der Waals surface area (Å²) in [4.78, 5) is 22.1. The second kappa shape index (κ2) is 9.83. The monoisotopic (exact) mass is 471 g/mol. The van der Waals surface area contributed by atoms with Gasteiger partial charge >= 0.3 is 12.2 Å². The Labute approximate surface area is 192 Å². The fraction of sp³-hybridized carbons (Fsp3) is 0.227. The minimum Gasteiger partial charge on any atom is -0.439 e. The van der Waals surface area contributed by atoms with E-state index in [0.29, 0.717) is 23.5 Å². The first-order chi connectivity index (χ1) is 16.3. The standard InChI is InChI=1S/C22H20F3N7O2/c23-22(24,25)15-8-14(12-32-6-1-7-32)9-17(10-15)30-21(33)29-16-2-4-18(5-3-16)34-20-11-19(31-26)27-13-28-20/h2-5,8-11,13,26H,1,6-7,12H2,(H2,29,30,33). The first kappa shape index (κ1) is 23.1. The van der Waals surface area contributed by atoms with E-state index in [4.69, 9.17) is 10.3 Å². The van der Waals surface area contributed by atoms with E-state index in [1.807, 2.05) is 4.90 Å². The lowest BCUT2D eigenvalue weighted by molar-refractivity contribution is -0.137. The van der Waals surface area contributed by atoms with Crippen molar-refractivity contribution in [3.63, 3.8) is 0 Å².